The van der Waals surface area contributed by atoms with E-state index in [0.29, 0.717) is 0 Å². The third-order valence-electron chi connectivity index (χ3n) is 2.46. The maximum Gasteiger partial charge on any atom is 0.471 e. The molecule has 1 aliphatic rings. The van der Waals surface area contributed by atoms with E-state index in [1.54, 1.807) is 0 Å². The van der Waals surface area contributed by atoms with Crippen LogP contribution >= 0.6 is 0 Å². The van der Waals surface area contributed by atoms with E-state index in [0.717, 1.165) is 0 Å². The molecule has 5 N–H and O–H groups in total. The molecule has 10 heteroatoms. The zero-order chi connectivity index (χ0) is 14.1. The molecular formula is C8H12F3NO6. The molecule has 0 saturated carbocycles. The summed E-state index contributed by atoms with van der Waals surface area (Å²) in [6.07, 6.45) is -12.2. The fourth-order valence-corrected chi connectivity index (χ4v) is 1.49. The molecule has 0 radical (unpaired) electrons. The standard InChI is InChI=1S/C8H12F3NO6/c9-8(10,11)7(17)12-3-5(15)4(14)2(1-13)18-6(3)16/h2-6,13-16H,1H2,(H,12,17)/t2-,3+,4-,5+,6-/m1/s1. The van der Waals surface area contributed by atoms with Crippen molar-refractivity contribution in [3.63, 3.8) is 0 Å². The number of alkyl halides is 3. The Morgan fingerprint density at radius 3 is 2.22 bits per heavy atom. The zero-order valence-electron chi connectivity index (χ0n) is 8.83. The Labute approximate surface area is 98.8 Å². The molecule has 5 atom stereocenters. The summed E-state index contributed by atoms with van der Waals surface area (Å²) < 4.78 is 40.5. The summed E-state index contributed by atoms with van der Waals surface area (Å²) >= 11 is 0. The van der Waals surface area contributed by atoms with E-state index in [4.69, 9.17) is 5.11 Å². The minimum Gasteiger partial charge on any atom is -0.394 e. The highest BCUT2D eigenvalue weighted by Gasteiger charge is 2.48. The van der Waals surface area contributed by atoms with Gasteiger partial charge in [-0.05, 0) is 0 Å². The van der Waals surface area contributed by atoms with Crippen LogP contribution in [0.25, 0.3) is 0 Å². The van der Waals surface area contributed by atoms with Crippen LogP contribution < -0.4 is 5.32 Å². The third-order valence-corrected chi connectivity index (χ3v) is 2.46. The summed E-state index contributed by atoms with van der Waals surface area (Å²) in [5.41, 5.74) is 0. The summed E-state index contributed by atoms with van der Waals surface area (Å²) in [5.74, 6) is -2.39. The molecule has 0 bridgehead atoms. The van der Waals surface area contributed by atoms with Crippen molar-refractivity contribution < 1.29 is 43.1 Å². The van der Waals surface area contributed by atoms with E-state index in [2.05, 4.69) is 4.74 Å². The molecule has 1 aliphatic heterocycles. The second-order valence-electron chi connectivity index (χ2n) is 3.73. The highest BCUT2D eigenvalue weighted by atomic mass is 19.4. The molecule has 18 heavy (non-hydrogen) atoms. The molecule has 0 aromatic rings. The van der Waals surface area contributed by atoms with E-state index in [1.165, 1.54) is 5.32 Å². The van der Waals surface area contributed by atoms with E-state index in [9.17, 15) is 33.3 Å². The SMILES string of the molecule is O=C(N[C@H]1[C@H](O)[C@H](O)[C@@H](CO)O[C@H]1O)C(F)(F)F. The number of amides is 1. The van der Waals surface area contributed by atoms with Crippen LogP contribution in [0.1, 0.15) is 0 Å². The second-order valence-corrected chi connectivity index (χ2v) is 3.73. The number of aliphatic hydroxyl groups is 4. The topological polar surface area (TPSA) is 119 Å². The number of carbonyl (C=O) groups excluding carboxylic acids is 1. The summed E-state index contributed by atoms with van der Waals surface area (Å²) in [6.45, 7) is -0.755. The lowest BCUT2D eigenvalue weighted by Gasteiger charge is -2.40. The molecule has 1 rings (SSSR count). The first-order valence-electron chi connectivity index (χ1n) is 4.86. The predicted molar refractivity (Wildman–Crippen MR) is 48.0 cm³/mol. The molecule has 1 heterocycles. The van der Waals surface area contributed by atoms with Crippen molar-refractivity contribution in [2.45, 2.75) is 36.8 Å². The smallest absolute Gasteiger partial charge is 0.394 e. The number of aliphatic hydroxyl groups excluding tert-OH is 4. The fourth-order valence-electron chi connectivity index (χ4n) is 1.49. The Balaban J connectivity index is 2.74. The Bertz CT molecular complexity index is 312. The van der Waals surface area contributed by atoms with E-state index >= 15 is 0 Å². The Morgan fingerprint density at radius 1 is 1.22 bits per heavy atom. The van der Waals surface area contributed by atoms with E-state index in [1.807, 2.05) is 0 Å². The monoisotopic (exact) mass is 275 g/mol. The van der Waals surface area contributed by atoms with Gasteiger partial charge in [0, 0.05) is 0 Å². The van der Waals surface area contributed by atoms with Gasteiger partial charge in [-0.25, -0.2) is 0 Å². The van der Waals surface area contributed by atoms with Crippen molar-refractivity contribution >= 4 is 5.91 Å². The van der Waals surface area contributed by atoms with Crippen LogP contribution in [-0.4, -0.2) is 69.8 Å². The molecule has 0 aromatic heterocycles. The van der Waals surface area contributed by atoms with Crippen LogP contribution in [0, 0.1) is 0 Å². The lowest BCUT2D eigenvalue weighted by atomic mass is 9.97. The van der Waals surface area contributed by atoms with Gasteiger partial charge in [0.15, 0.2) is 6.29 Å². The summed E-state index contributed by atoms with van der Waals surface area (Å²) in [6, 6.07) is -1.85. The number of hydrogen-bond donors (Lipinski definition) is 5. The minimum atomic E-state index is -5.20. The molecule has 0 aliphatic carbocycles. The van der Waals surface area contributed by atoms with E-state index in [-0.39, 0.29) is 0 Å². The average Bonchev–Trinajstić information content (AvgIpc) is 2.27. The lowest BCUT2D eigenvalue weighted by molar-refractivity contribution is -0.256. The summed E-state index contributed by atoms with van der Waals surface area (Å²) in [5, 5.41) is 38.1. The lowest BCUT2D eigenvalue weighted by Crippen LogP contribution is -2.65. The number of carbonyl (C=O) groups is 1. The number of rotatable bonds is 2. The molecule has 106 valence electrons. The zero-order valence-corrected chi connectivity index (χ0v) is 8.83. The van der Waals surface area contributed by atoms with Crippen LogP contribution in [0.3, 0.4) is 0 Å². The Kier molecular flexibility index (Phi) is 4.50. The van der Waals surface area contributed by atoms with Gasteiger partial charge in [-0.3, -0.25) is 4.79 Å². The molecule has 1 fully saturated rings. The average molecular weight is 275 g/mol. The molecule has 7 nitrogen and oxygen atoms in total. The number of halogens is 3. The first kappa shape index (κ1) is 15.1. The molecule has 0 aromatic carbocycles. The largest absolute Gasteiger partial charge is 0.471 e. The highest BCUT2D eigenvalue weighted by molar-refractivity contribution is 5.82. The number of hydrogen-bond acceptors (Lipinski definition) is 6. The van der Waals surface area contributed by atoms with Crippen LogP contribution in [0.5, 0.6) is 0 Å². The van der Waals surface area contributed by atoms with Crippen molar-refractivity contribution in [1.82, 2.24) is 5.32 Å². The molecule has 1 saturated heterocycles. The predicted octanol–water partition coefficient (Wildman–Crippen LogP) is -2.54. The molecule has 0 spiro atoms. The van der Waals surface area contributed by atoms with Crippen molar-refractivity contribution in [2.24, 2.45) is 0 Å². The van der Waals surface area contributed by atoms with Gasteiger partial charge in [0.2, 0.25) is 0 Å². The summed E-state index contributed by atoms with van der Waals surface area (Å²) in [7, 11) is 0. The maximum absolute atomic E-state index is 12.0. The highest BCUT2D eigenvalue weighted by Crippen LogP contribution is 2.21. The van der Waals surface area contributed by atoms with E-state index < -0.39 is 49.3 Å². The van der Waals surface area contributed by atoms with Crippen molar-refractivity contribution in [3.05, 3.63) is 0 Å². The molecule has 0 unspecified atom stereocenters. The minimum absolute atomic E-state index is 0.755. The van der Waals surface area contributed by atoms with Gasteiger partial charge < -0.3 is 30.5 Å². The van der Waals surface area contributed by atoms with Crippen molar-refractivity contribution in [1.29, 1.82) is 0 Å². The third kappa shape index (κ3) is 3.09. The van der Waals surface area contributed by atoms with Gasteiger partial charge in [-0.2, -0.15) is 13.2 Å². The quantitative estimate of drug-likeness (QED) is 0.379. The number of nitrogens with one attached hydrogen (secondary N) is 1. The number of ether oxygens (including phenoxy) is 1. The normalized spacial score (nSPS) is 37.4. The Hall–Kier alpha value is -0.940. The first-order valence-corrected chi connectivity index (χ1v) is 4.86. The van der Waals surface area contributed by atoms with Crippen LogP contribution in [0.4, 0.5) is 13.2 Å². The van der Waals surface area contributed by atoms with Crippen LogP contribution in [-0.2, 0) is 9.53 Å². The van der Waals surface area contributed by atoms with Crippen molar-refractivity contribution in [2.75, 3.05) is 6.61 Å². The first-order chi connectivity index (χ1) is 8.18. The fraction of sp³-hybridized carbons (Fsp3) is 0.875. The van der Waals surface area contributed by atoms with Gasteiger partial charge in [0.25, 0.3) is 0 Å². The van der Waals surface area contributed by atoms with Gasteiger partial charge >= 0.3 is 12.1 Å². The van der Waals surface area contributed by atoms with Gasteiger partial charge in [-0.15, -0.1) is 0 Å². The van der Waals surface area contributed by atoms with Gasteiger partial charge in [-0.1, -0.05) is 0 Å². The van der Waals surface area contributed by atoms with Crippen LogP contribution in [0.2, 0.25) is 0 Å². The molecular weight excluding hydrogens is 263 g/mol. The van der Waals surface area contributed by atoms with Gasteiger partial charge in [0.1, 0.15) is 24.4 Å². The van der Waals surface area contributed by atoms with Crippen LogP contribution in [0.15, 0.2) is 0 Å². The Morgan fingerprint density at radius 2 is 1.78 bits per heavy atom. The van der Waals surface area contributed by atoms with Crippen molar-refractivity contribution in [3.8, 4) is 0 Å². The summed E-state index contributed by atoms with van der Waals surface area (Å²) in [4.78, 5) is 10.6. The van der Waals surface area contributed by atoms with Gasteiger partial charge in [0.05, 0.1) is 6.61 Å². The molecule has 1 amide bonds. The maximum atomic E-state index is 12.0. The second kappa shape index (κ2) is 5.36.